The quantitative estimate of drug-likeness (QED) is 0.857. The Morgan fingerprint density at radius 3 is 2.19 bits per heavy atom. The summed E-state index contributed by atoms with van der Waals surface area (Å²) in [5.41, 5.74) is 1.35. The maximum atomic E-state index is 12.2. The Morgan fingerprint density at radius 1 is 0.905 bits per heavy atom. The minimum Gasteiger partial charge on any atom is -0.295 e. The normalized spacial score (nSPS) is 17.0. The van der Waals surface area contributed by atoms with Gasteiger partial charge in [0.1, 0.15) is 6.42 Å². The Morgan fingerprint density at radius 2 is 1.52 bits per heavy atom. The van der Waals surface area contributed by atoms with E-state index in [4.69, 9.17) is 0 Å². The van der Waals surface area contributed by atoms with Crippen molar-refractivity contribution in [3.8, 4) is 0 Å². The van der Waals surface area contributed by atoms with Crippen molar-refractivity contribution in [2.45, 2.75) is 6.42 Å². The lowest BCUT2D eigenvalue weighted by molar-refractivity contribution is -0.127. The monoisotopic (exact) mass is 279 g/mol. The van der Waals surface area contributed by atoms with Gasteiger partial charge in [-0.1, -0.05) is 36.4 Å². The van der Waals surface area contributed by atoms with Crippen LogP contribution < -0.4 is 10.2 Å². The molecule has 0 aliphatic carbocycles. The molecule has 104 valence electrons. The third-order valence-corrected chi connectivity index (χ3v) is 3.03. The SMILES string of the molecule is O=C1CC(=O)N(c2ccccc2)C(=Nc2ccccc2)N1. The molecule has 0 aromatic heterocycles. The van der Waals surface area contributed by atoms with E-state index in [1.165, 1.54) is 4.90 Å². The number of hydrogen-bond acceptors (Lipinski definition) is 3. The van der Waals surface area contributed by atoms with Gasteiger partial charge in [0, 0.05) is 0 Å². The number of nitrogens with zero attached hydrogens (tertiary/aromatic N) is 2. The minimum absolute atomic E-state index is 0.178. The molecule has 1 saturated heterocycles. The molecule has 0 atom stereocenters. The van der Waals surface area contributed by atoms with Gasteiger partial charge >= 0.3 is 0 Å². The smallest absolute Gasteiger partial charge is 0.243 e. The molecule has 1 fully saturated rings. The molecule has 0 spiro atoms. The van der Waals surface area contributed by atoms with Crippen molar-refractivity contribution in [3.63, 3.8) is 0 Å². The molecule has 2 aromatic carbocycles. The van der Waals surface area contributed by atoms with Crippen LogP contribution in [-0.2, 0) is 9.59 Å². The molecule has 1 aliphatic rings. The Bertz CT molecular complexity index is 696. The predicted octanol–water partition coefficient (Wildman–Crippen LogP) is 2.23. The third kappa shape index (κ3) is 2.81. The van der Waals surface area contributed by atoms with Crippen LogP contribution in [-0.4, -0.2) is 17.8 Å². The van der Waals surface area contributed by atoms with Crippen LogP contribution in [0.2, 0.25) is 0 Å². The molecule has 1 N–H and O–H groups in total. The summed E-state index contributed by atoms with van der Waals surface area (Å²) in [7, 11) is 0. The average Bonchev–Trinajstić information content (AvgIpc) is 2.48. The van der Waals surface area contributed by atoms with Gasteiger partial charge in [-0.15, -0.1) is 0 Å². The third-order valence-electron chi connectivity index (χ3n) is 3.03. The summed E-state index contributed by atoms with van der Waals surface area (Å²) in [6, 6.07) is 18.3. The number of carbonyl (C=O) groups excluding carboxylic acids is 2. The van der Waals surface area contributed by atoms with Crippen molar-refractivity contribution in [3.05, 3.63) is 60.7 Å². The van der Waals surface area contributed by atoms with Crippen molar-refractivity contribution < 1.29 is 9.59 Å². The number of guanidine groups is 1. The van der Waals surface area contributed by atoms with Crippen LogP contribution in [0.3, 0.4) is 0 Å². The van der Waals surface area contributed by atoms with Gasteiger partial charge in [-0.05, 0) is 24.3 Å². The van der Waals surface area contributed by atoms with Crippen LogP contribution in [0, 0.1) is 0 Å². The molecule has 0 unspecified atom stereocenters. The highest BCUT2D eigenvalue weighted by molar-refractivity contribution is 6.28. The number of aliphatic imine (C=N–C) groups is 1. The zero-order valence-electron chi connectivity index (χ0n) is 11.2. The highest BCUT2D eigenvalue weighted by Gasteiger charge is 2.30. The number of para-hydroxylation sites is 2. The number of carbonyl (C=O) groups is 2. The maximum Gasteiger partial charge on any atom is 0.243 e. The van der Waals surface area contributed by atoms with Crippen LogP contribution in [0.1, 0.15) is 6.42 Å². The van der Waals surface area contributed by atoms with E-state index in [1.807, 2.05) is 36.4 Å². The van der Waals surface area contributed by atoms with Crippen molar-refractivity contribution >= 4 is 29.1 Å². The minimum atomic E-state index is -0.345. The summed E-state index contributed by atoms with van der Waals surface area (Å²) < 4.78 is 0. The lowest BCUT2D eigenvalue weighted by Gasteiger charge is -2.28. The van der Waals surface area contributed by atoms with Gasteiger partial charge in [0.15, 0.2) is 0 Å². The molecule has 5 nitrogen and oxygen atoms in total. The second-order valence-electron chi connectivity index (χ2n) is 4.56. The van der Waals surface area contributed by atoms with Gasteiger partial charge in [0.05, 0.1) is 11.4 Å². The number of hydrogen-bond donors (Lipinski definition) is 1. The summed E-state index contributed by atoms with van der Waals surface area (Å²) in [5, 5.41) is 2.66. The maximum absolute atomic E-state index is 12.2. The molecule has 0 radical (unpaired) electrons. The summed E-state index contributed by atoms with van der Waals surface area (Å²) in [6.45, 7) is 0. The van der Waals surface area contributed by atoms with E-state index in [1.54, 1.807) is 24.3 Å². The Hall–Kier alpha value is -2.95. The summed E-state index contributed by atoms with van der Waals surface area (Å²) in [6.07, 6.45) is -0.178. The Labute approximate surface area is 121 Å². The van der Waals surface area contributed by atoms with Crippen molar-refractivity contribution in [1.29, 1.82) is 0 Å². The van der Waals surface area contributed by atoms with Crippen LogP contribution in [0.15, 0.2) is 65.7 Å². The fraction of sp³-hybridized carbons (Fsp3) is 0.0625. The molecule has 1 aliphatic heterocycles. The van der Waals surface area contributed by atoms with Crippen molar-refractivity contribution in [2.24, 2.45) is 4.99 Å². The lowest BCUT2D eigenvalue weighted by Crippen LogP contribution is -2.53. The zero-order chi connectivity index (χ0) is 14.7. The molecule has 3 rings (SSSR count). The second-order valence-corrected chi connectivity index (χ2v) is 4.56. The number of nitrogens with one attached hydrogen (secondary N) is 1. The van der Waals surface area contributed by atoms with E-state index in [9.17, 15) is 9.59 Å². The van der Waals surface area contributed by atoms with E-state index >= 15 is 0 Å². The molecule has 2 aromatic rings. The highest BCUT2D eigenvalue weighted by atomic mass is 16.2. The van der Waals surface area contributed by atoms with Crippen LogP contribution in [0.5, 0.6) is 0 Å². The summed E-state index contributed by atoms with van der Waals surface area (Å²) >= 11 is 0. The molecule has 2 amide bonds. The topological polar surface area (TPSA) is 61.8 Å². The van der Waals surface area contributed by atoms with E-state index in [0.717, 1.165) is 0 Å². The van der Waals surface area contributed by atoms with E-state index in [2.05, 4.69) is 10.3 Å². The standard InChI is InChI=1S/C16H13N3O2/c20-14-11-15(21)19(13-9-5-2-6-10-13)16(18-14)17-12-7-3-1-4-8-12/h1-10H,11H2,(H,17,18,20). The van der Waals surface area contributed by atoms with Crippen LogP contribution >= 0.6 is 0 Å². The first-order valence-corrected chi connectivity index (χ1v) is 6.55. The Kier molecular flexibility index (Phi) is 3.47. The van der Waals surface area contributed by atoms with Crippen molar-refractivity contribution in [1.82, 2.24) is 5.32 Å². The first-order valence-electron chi connectivity index (χ1n) is 6.55. The summed E-state index contributed by atoms with van der Waals surface area (Å²) in [4.78, 5) is 29.6. The Balaban J connectivity index is 2.03. The molecule has 0 bridgehead atoms. The average molecular weight is 279 g/mol. The molecule has 0 saturated carbocycles. The molecular weight excluding hydrogens is 266 g/mol. The molecule has 1 heterocycles. The zero-order valence-corrected chi connectivity index (χ0v) is 11.2. The number of rotatable bonds is 2. The second kappa shape index (κ2) is 5.58. The fourth-order valence-electron chi connectivity index (χ4n) is 2.11. The van der Waals surface area contributed by atoms with E-state index < -0.39 is 0 Å². The molecule has 5 heteroatoms. The summed E-state index contributed by atoms with van der Waals surface area (Å²) in [5.74, 6) is -0.407. The van der Waals surface area contributed by atoms with E-state index in [0.29, 0.717) is 11.4 Å². The van der Waals surface area contributed by atoms with E-state index in [-0.39, 0.29) is 24.2 Å². The van der Waals surface area contributed by atoms with Gasteiger partial charge in [-0.2, -0.15) is 0 Å². The highest BCUT2D eigenvalue weighted by Crippen LogP contribution is 2.19. The fourth-order valence-corrected chi connectivity index (χ4v) is 2.11. The largest absolute Gasteiger partial charge is 0.295 e. The predicted molar refractivity (Wildman–Crippen MR) is 80.2 cm³/mol. The molecular formula is C16H13N3O2. The van der Waals surface area contributed by atoms with Gasteiger partial charge < -0.3 is 0 Å². The van der Waals surface area contributed by atoms with Crippen LogP contribution in [0.25, 0.3) is 0 Å². The van der Waals surface area contributed by atoms with Gasteiger partial charge in [0.25, 0.3) is 0 Å². The number of amides is 2. The first kappa shape index (κ1) is 13.1. The van der Waals surface area contributed by atoms with Gasteiger partial charge in [0.2, 0.25) is 17.8 Å². The van der Waals surface area contributed by atoms with Crippen LogP contribution in [0.4, 0.5) is 11.4 Å². The lowest BCUT2D eigenvalue weighted by atomic mass is 10.2. The number of benzene rings is 2. The van der Waals surface area contributed by atoms with Gasteiger partial charge in [-0.25, -0.2) is 9.89 Å². The first-order chi connectivity index (χ1) is 10.2. The van der Waals surface area contributed by atoms with Gasteiger partial charge in [-0.3, -0.25) is 14.9 Å². The van der Waals surface area contributed by atoms with Crippen molar-refractivity contribution in [2.75, 3.05) is 4.90 Å². The molecule has 21 heavy (non-hydrogen) atoms. The number of anilines is 1.